The lowest BCUT2D eigenvalue weighted by Crippen LogP contribution is -2.28. The van der Waals surface area contributed by atoms with E-state index in [4.69, 9.17) is 4.42 Å². The fraction of sp³-hybridized carbons (Fsp3) is 0.0169. The van der Waals surface area contributed by atoms with E-state index >= 15 is 0 Å². The molecule has 1 aromatic heterocycles. The third-order valence-electron chi connectivity index (χ3n) is 12.7. The molecule has 0 fully saturated rings. The van der Waals surface area contributed by atoms with E-state index in [2.05, 4.69) is 235 Å². The Balaban J connectivity index is 1.13. The Morgan fingerprint density at radius 2 is 0.918 bits per heavy atom. The smallest absolute Gasteiger partial charge is 0.137 e. The summed E-state index contributed by atoms with van der Waals surface area (Å²) in [6, 6.07) is 86.1. The van der Waals surface area contributed by atoms with Crippen molar-refractivity contribution in [2.75, 3.05) is 4.90 Å². The van der Waals surface area contributed by atoms with Gasteiger partial charge in [0, 0.05) is 16.6 Å². The zero-order valence-electron chi connectivity index (χ0n) is 33.4. The summed E-state index contributed by atoms with van der Waals surface area (Å²) in [5.41, 5.74) is 16.6. The van der Waals surface area contributed by atoms with E-state index in [9.17, 15) is 0 Å². The van der Waals surface area contributed by atoms with Gasteiger partial charge < -0.3 is 9.32 Å². The van der Waals surface area contributed by atoms with Gasteiger partial charge in [-0.2, -0.15) is 0 Å². The van der Waals surface area contributed by atoms with Crippen LogP contribution < -0.4 is 4.90 Å². The summed E-state index contributed by atoms with van der Waals surface area (Å²) < 4.78 is 6.56. The molecule has 1 aliphatic rings. The van der Waals surface area contributed by atoms with Crippen LogP contribution in [0.4, 0.5) is 17.1 Å². The van der Waals surface area contributed by atoms with Gasteiger partial charge in [0.15, 0.2) is 0 Å². The lowest BCUT2D eigenvalue weighted by atomic mass is 9.68. The highest BCUT2D eigenvalue weighted by Crippen LogP contribution is 2.60. The van der Waals surface area contributed by atoms with Crippen molar-refractivity contribution in [3.8, 4) is 33.4 Å². The highest BCUT2D eigenvalue weighted by Gasteiger charge is 2.47. The Morgan fingerprint density at radius 3 is 1.75 bits per heavy atom. The first kappa shape index (κ1) is 35.0. The van der Waals surface area contributed by atoms with Gasteiger partial charge in [-0.05, 0) is 103 Å². The minimum atomic E-state index is -0.533. The third-order valence-corrected chi connectivity index (χ3v) is 12.7. The van der Waals surface area contributed by atoms with Crippen molar-refractivity contribution in [2.45, 2.75) is 5.41 Å². The maximum atomic E-state index is 6.56. The highest BCUT2D eigenvalue weighted by atomic mass is 16.3. The summed E-state index contributed by atoms with van der Waals surface area (Å²) in [6.45, 7) is 0. The van der Waals surface area contributed by atoms with Crippen LogP contribution in [0.1, 0.15) is 22.3 Å². The molecule has 0 bridgehead atoms. The number of benzene rings is 10. The number of hydrogen-bond donors (Lipinski definition) is 0. The first-order chi connectivity index (χ1) is 30.3. The van der Waals surface area contributed by atoms with Crippen LogP contribution in [-0.2, 0) is 5.41 Å². The molecule has 0 amide bonds. The molecule has 0 unspecified atom stereocenters. The maximum Gasteiger partial charge on any atom is 0.137 e. The second-order valence-corrected chi connectivity index (χ2v) is 16.0. The monoisotopic (exact) mass is 777 g/mol. The van der Waals surface area contributed by atoms with Gasteiger partial charge in [-0.15, -0.1) is 0 Å². The van der Waals surface area contributed by atoms with Crippen molar-refractivity contribution in [3.63, 3.8) is 0 Å². The van der Waals surface area contributed by atoms with E-state index in [1.165, 1.54) is 55.3 Å². The van der Waals surface area contributed by atoms with E-state index < -0.39 is 5.41 Å². The normalized spacial score (nSPS) is 12.7. The van der Waals surface area contributed by atoms with Gasteiger partial charge >= 0.3 is 0 Å². The third kappa shape index (κ3) is 5.43. The Hall–Kier alpha value is -7.94. The number of para-hydroxylation sites is 1. The Kier molecular flexibility index (Phi) is 8.11. The Morgan fingerprint density at radius 1 is 0.361 bits per heavy atom. The van der Waals surface area contributed by atoms with Gasteiger partial charge in [0.2, 0.25) is 0 Å². The first-order valence-electron chi connectivity index (χ1n) is 21.0. The van der Waals surface area contributed by atoms with E-state index in [1.807, 2.05) is 6.07 Å². The van der Waals surface area contributed by atoms with Crippen molar-refractivity contribution in [3.05, 3.63) is 259 Å². The molecule has 1 aliphatic carbocycles. The summed E-state index contributed by atoms with van der Waals surface area (Å²) in [5, 5.41) is 4.67. The quantitative estimate of drug-likeness (QED) is 0.160. The molecule has 0 atom stereocenters. The second-order valence-electron chi connectivity index (χ2n) is 16.0. The van der Waals surface area contributed by atoms with Crippen molar-refractivity contribution in [2.24, 2.45) is 0 Å². The molecule has 2 nitrogen and oxygen atoms in total. The van der Waals surface area contributed by atoms with Crippen LogP contribution in [0.2, 0.25) is 0 Å². The molecule has 1 heterocycles. The number of rotatable bonds is 7. The van der Waals surface area contributed by atoms with Crippen molar-refractivity contribution in [1.82, 2.24) is 0 Å². The minimum Gasteiger partial charge on any atom is -0.456 e. The molecular weight excluding hydrogens is 739 g/mol. The number of fused-ring (bicyclic) bond motifs is 7. The van der Waals surface area contributed by atoms with Crippen LogP contribution in [0, 0.1) is 0 Å². The van der Waals surface area contributed by atoms with Crippen molar-refractivity contribution in [1.29, 1.82) is 0 Å². The topological polar surface area (TPSA) is 16.4 Å². The molecule has 10 aromatic carbocycles. The molecule has 61 heavy (non-hydrogen) atoms. The van der Waals surface area contributed by atoms with Gasteiger partial charge in [0.1, 0.15) is 11.2 Å². The zero-order chi connectivity index (χ0) is 40.3. The SMILES string of the molecule is c1ccc(C2(c3ccccc3)c3ccccc3-c3c(N(c4cccc(-c5cccc(-c6cccc7ccccc67)c5)c4)c4cccc5oc6ccccc6c45)cccc32)cc1. The molecule has 12 rings (SSSR count). The highest BCUT2D eigenvalue weighted by molar-refractivity contribution is 6.14. The predicted molar refractivity (Wildman–Crippen MR) is 254 cm³/mol. The van der Waals surface area contributed by atoms with Gasteiger partial charge in [0.25, 0.3) is 0 Å². The molecule has 11 aromatic rings. The summed E-state index contributed by atoms with van der Waals surface area (Å²) in [4.78, 5) is 2.48. The average molecular weight is 778 g/mol. The molecule has 0 saturated heterocycles. The minimum absolute atomic E-state index is 0.533. The summed E-state index contributed by atoms with van der Waals surface area (Å²) >= 11 is 0. The largest absolute Gasteiger partial charge is 0.456 e. The lowest BCUT2D eigenvalue weighted by Gasteiger charge is -2.34. The molecule has 2 heteroatoms. The first-order valence-corrected chi connectivity index (χ1v) is 21.0. The Labute approximate surface area is 355 Å². The molecule has 0 radical (unpaired) electrons. The zero-order valence-corrected chi connectivity index (χ0v) is 33.4. The average Bonchev–Trinajstić information content (AvgIpc) is 3.87. The van der Waals surface area contributed by atoms with E-state index in [0.29, 0.717) is 0 Å². The van der Waals surface area contributed by atoms with E-state index in [1.54, 1.807) is 0 Å². The molecule has 0 N–H and O–H groups in total. The van der Waals surface area contributed by atoms with Gasteiger partial charge in [-0.3, -0.25) is 0 Å². The fourth-order valence-corrected chi connectivity index (χ4v) is 10.2. The van der Waals surface area contributed by atoms with Crippen molar-refractivity contribution < 1.29 is 4.42 Å². The van der Waals surface area contributed by atoms with Gasteiger partial charge in [-0.25, -0.2) is 0 Å². The van der Waals surface area contributed by atoms with E-state index in [-0.39, 0.29) is 0 Å². The van der Waals surface area contributed by atoms with Crippen LogP contribution in [-0.4, -0.2) is 0 Å². The second kappa shape index (κ2) is 14.1. The van der Waals surface area contributed by atoms with Gasteiger partial charge in [0.05, 0.1) is 22.2 Å². The van der Waals surface area contributed by atoms with Crippen molar-refractivity contribution >= 4 is 49.8 Å². The van der Waals surface area contributed by atoms with Crippen LogP contribution in [0.5, 0.6) is 0 Å². The molecule has 286 valence electrons. The molecular formula is C59H39NO. The molecule has 0 saturated carbocycles. The number of nitrogens with zero attached hydrogens (tertiary/aromatic N) is 1. The maximum absolute atomic E-state index is 6.56. The fourth-order valence-electron chi connectivity index (χ4n) is 10.2. The number of hydrogen-bond acceptors (Lipinski definition) is 2. The van der Waals surface area contributed by atoms with Gasteiger partial charge in [-0.1, -0.05) is 194 Å². The number of furan rings is 1. The lowest BCUT2D eigenvalue weighted by molar-refractivity contribution is 0.669. The van der Waals surface area contributed by atoms with Crippen LogP contribution in [0.15, 0.2) is 241 Å². The predicted octanol–water partition coefficient (Wildman–Crippen LogP) is 15.9. The van der Waals surface area contributed by atoms with Crippen LogP contribution in [0.3, 0.4) is 0 Å². The van der Waals surface area contributed by atoms with Crippen LogP contribution in [0.25, 0.3) is 66.1 Å². The van der Waals surface area contributed by atoms with E-state index in [0.717, 1.165) is 50.1 Å². The summed E-state index contributed by atoms with van der Waals surface area (Å²) in [7, 11) is 0. The molecule has 0 aliphatic heterocycles. The standard InChI is InChI=1S/C59H39NO/c1-3-23-44(24-4-1)59(45-25-5-2-6-26-45)51-32-11-9-29-49(51)57-52(59)33-16-34-53(57)60(54-35-17-37-56-58(54)50-30-10-12-36-55(50)61-56)46-27-14-21-42(39-46)41-20-13-22-43(38-41)48-31-15-19-40-18-7-8-28-47(40)48/h1-39H. The summed E-state index contributed by atoms with van der Waals surface area (Å²) in [6.07, 6.45) is 0. The molecule has 0 spiro atoms. The Bertz CT molecular complexity index is 3390. The van der Waals surface area contributed by atoms with Crippen LogP contribution >= 0.6 is 0 Å². The number of anilines is 3. The summed E-state index contributed by atoms with van der Waals surface area (Å²) in [5.74, 6) is 0.